The van der Waals surface area contributed by atoms with Crippen LogP contribution in [0.3, 0.4) is 0 Å². The Hall–Kier alpha value is -1.16. The minimum Gasteiger partial charge on any atom is -0.266 e. The van der Waals surface area contributed by atoms with Crippen LogP contribution in [-0.2, 0) is 12.8 Å². The van der Waals surface area contributed by atoms with Gasteiger partial charge in [-0.3, -0.25) is 4.79 Å². The summed E-state index contributed by atoms with van der Waals surface area (Å²) >= 11 is 1.66. The molecule has 1 aromatic heterocycles. The summed E-state index contributed by atoms with van der Waals surface area (Å²) in [4.78, 5) is 14.6. The molecule has 1 fully saturated rings. The van der Waals surface area contributed by atoms with Gasteiger partial charge in [0.2, 0.25) is 0 Å². The second kappa shape index (κ2) is 7.61. The Morgan fingerprint density at radius 1 is 1.30 bits per heavy atom. The summed E-state index contributed by atoms with van der Waals surface area (Å²) in [5.41, 5.74) is 5.34. The van der Waals surface area contributed by atoms with Crippen molar-refractivity contribution in [2.45, 2.75) is 71.6 Å². The molecule has 1 heterocycles. The molecule has 0 bridgehead atoms. The molecule has 1 amide bonds. The maximum absolute atomic E-state index is 12.3. The summed E-state index contributed by atoms with van der Waals surface area (Å²) in [7, 11) is 0. The summed E-state index contributed by atoms with van der Waals surface area (Å²) in [6, 6.07) is 2.09. The topological polar surface area (TPSA) is 41.5 Å². The first-order chi connectivity index (χ1) is 11.2. The van der Waals surface area contributed by atoms with Crippen LogP contribution in [0.2, 0.25) is 0 Å². The highest BCUT2D eigenvalue weighted by molar-refractivity contribution is 7.14. The highest BCUT2D eigenvalue weighted by Gasteiger charge is 2.21. The highest BCUT2D eigenvalue weighted by Crippen LogP contribution is 2.32. The van der Waals surface area contributed by atoms with Crippen LogP contribution in [0, 0.1) is 11.8 Å². The first-order valence-corrected chi connectivity index (χ1v) is 9.94. The third kappa shape index (κ3) is 4.23. The van der Waals surface area contributed by atoms with Crippen LogP contribution in [0.4, 0.5) is 0 Å². The van der Waals surface area contributed by atoms with Crippen molar-refractivity contribution in [2.75, 3.05) is 0 Å². The first-order valence-electron chi connectivity index (χ1n) is 9.13. The van der Waals surface area contributed by atoms with Gasteiger partial charge in [0.05, 0.1) is 4.88 Å². The van der Waals surface area contributed by atoms with E-state index in [1.54, 1.807) is 11.3 Å². The average Bonchev–Trinajstić information content (AvgIpc) is 2.97. The number of hydrazone groups is 1. The Morgan fingerprint density at radius 2 is 2.09 bits per heavy atom. The van der Waals surface area contributed by atoms with E-state index in [4.69, 9.17) is 0 Å². The minimum absolute atomic E-state index is 0.0276. The van der Waals surface area contributed by atoms with E-state index in [1.165, 1.54) is 48.3 Å². The van der Waals surface area contributed by atoms with Gasteiger partial charge in [0, 0.05) is 10.6 Å². The lowest BCUT2D eigenvalue weighted by molar-refractivity contribution is 0.0958. The molecule has 23 heavy (non-hydrogen) atoms. The van der Waals surface area contributed by atoms with Gasteiger partial charge in [0.1, 0.15) is 0 Å². The van der Waals surface area contributed by atoms with Crippen LogP contribution in [0.5, 0.6) is 0 Å². The fraction of sp³-hybridized carbons (Fsp3) is 0.684. The smallest absolute Gasteiger partial charge is 0.266 e. The number of thiophene rings is 1. The Morgan fingerprint density at radius 3 is 2.83 bits per heavy atom. The second-order valence-electron chi connectivity index (χ2n) is 7.26. The van der Waals surface area contributed by atoms with Gasteiger partial charge in [0.15, 0.2) is 0 Å². The summed E-state index contributed by atoms with van der Waals surface area (Å²) in [5.74, 6) is 1.58. The zero-order chi connectivity index (χ0) is 16.2. The third-order valence-corrected chi connectivity index (χ3v) is 6.48. The Labute approximate surface area is 143 Å². The van der Waals surface area contributed by atoms with E-state index >= 15 is 0 Å². The second-order valence-corrected chi connectivity index (χ2v) is 8.39. The predicted molar refractivity (Wildman–Crippen MR) is 97.3 cm³/mol. The fourth-order valence-electron chi connectivity index (χ4n) is 3.82. The predicted octanol–water partition coefficient (Wildman–Crippen LogP) is 4.95. The van der Waals surface area contributed by atoms with E-state index in [-0.39, 0.29) is 5.91 Å². The molecular weight excluding hydrogens is 304 g/mol. The van der Waals surface area contributed by atoms with Crippen molar-refractivity contribution in [1.29, 1.82) is 0 Å². The molecule has 3 rings (SSSR count). The van der Waals surface area contributed by atoms with Crippen molar-refractivity contribution >= 4 is 23.0 Å². The molecule has 4 heteroatoms. The number of carbonyl (C=O) groups excluding carboxylic acids is 1. The third-order valence-electron chi connectivity index (χ3n) is 5.25. The van der Waals surface area contributed by atoms with Gasteiger partial charge >= 0.3 is 0 Å². The number of rotatable bonds is 4. The molecule has 0 aromatic carbocycles. The van der Waals surface area contributed by atoms with Gasteiger partial charge < -0.3 is 0 Å². The quantitative estimate of drug-likeness (QED) is 0.779. The molecule has 1 atom stereocenters. The van der Waals surface area contributed by atoms with Gasteiger partial charge in [-0.1, -0.05) is 26.7 Å². The standard InChI is InChI=1S/C19H28N2OS/c1-3-4-14-6-8-16(9-7-14)20-21-19(22)18-12-15-11-13(2)5-10-17(15)23-18/h12-14H,3-11H2,1-2H3,(H,21,22). The van der Waals surface area contributed by atoms with Crippen LogP contribution in [0.15, 0.2) is 11.2 Å². The van der Waals surface area contributed by atoms with E-state index in [1.807, 2.05) is 0 Å². The molecule has 0 saturated heterocycles. The molecule has 1 aromatic rings. The van der Waals surface area contributed by atoms with Crippen LogP contribution in [0.25, 0.3) is 0 Å². The van der Waals surface area contributed by atoms with Crippen molar-refractivity contribution < 1.29 is 4.79 Å². The molecule has 0 aliphatic heterocycles. The van der Waals surface area contributed by atoms with Crippen molar-refractivity contribution in [3.63, 3.8) is 0 Å². The Balaban J connectivity index is 1.55. The fourth-order valence-corrected chi connectivity index (χ4v) is 4.92. The molecule has 1 saturated carbocycles. The van der Waals surface area contributed by atoms with Gasteiger partial charge in [-0.25, -0.2) is 5.43 Å². The summed E-state index contributed by atoms with van der Waals surface area (Å²) < 4.78 is 0. The maximum Gasteiger partial charge on any atom is 0.281 e. The van der Waals surface area contributed by atoms with E-state index < -0.39 is 0 Å². The first kappa shape index (κ1) is 16.7. The van der Waals surface area contributed by atoms with E-state index in [0.717, 1.165) is 42.4 Å². The number of nitrogens with zero attached hydrogens (tertiary/aromatic N) is 1. The Kier molecular flexibility index (Phi) is 5.52. The zero-order valence-electron chi connectivity index (χ0n) is 14.4. The number of hydrogen-bond acceptors (Lipinski definition) is 3. The van der Waals surface area contributed by atoms with Crippen LogP contribution >= 0.6 is 11.3 Å². The number of fused-ring (bicyclic) bond motifs is 1. The van der Waals surface area contributed by atoms with Crippen molar-refractivity contribution in [1.82, 2.24) is 5.43 Å². The lowest BCUT2D eigenvalue weighted by atomic mass is 9.85. The molecular formula is C19H28N2OS. The van der Waals surface area contributed by atoms with Gasteiger partial charge in [-0.15, -0.1) is 11.3 Å². The highest BCUT2D eigenvalue weighted by atomic mass is 32.1. The van der Waals surface area contributed by atoms with E-state index in [0.29, 0.717) is 0 Å². The summed E-state index contributed by atoms with van der Waals surface area (Å²) in [5, 5.41) is 4.40. The maximum atomic E-state index is 12.3. The molecule has 0 spiro atoms. The van der Waals surface area contributed by atoms with Crippen molar-refractivity contribution in [3.05, 3.63) is 21.4 Å². The number of nitrogens with one attached hydrogen (secondary N) is 1. The van der Waals surface area contributed by atoms with Gasteiger partial charge in [-0.2, -0.15) is 5.10 Å². The molecule has 2 aliphatic rings. The van der Waals surface area contributed by atoms with Crippen molar-refractivity contribution in [3.8, 4) is 0 Å². The van der Waals surface area contributed by atoms with E-state index in [9.17, 15) is 4.79 Å². The number of hydrogen-bond donors (Lipinski definition) is 1. The average molecular weight is 333 g/mol. The SMILES string of the molecule is CCCC1CCC(=NNC(=O)c2cc3c(s2)CCC(C)C3)CC1. The van der Waals surface area contributed by atoms with Crippen LogP contribution in [-0.4, -0.2) is 11.6 Å². The molecule has 126 valence electrons. The summed E-state index contributed by atoms with van der Waals surface area (Å²) in [6.07, 6.45) is 10.6. The number of amides is 1. The van der Waals surface area contributed by atoms with Crippen molar-refractivity contribution in [2.24, 2.45) is 16.9 Å². The molecule has 0 radical (unpaired) electrons. The lowest BCUT2D eigenvalue weighted by Crippen LogP contribution is -2.21. The molecule has 2 aliphatic carbocycles. The molecule has 3 nitrogen and oxygen atoms in total. The number of carbonyl (C=O) groups is 1. The minimum atomic E-state index is -0.0276. The normalized spacial score (nSPS) is 24.2. The van der Waals surface area contributed by atoms with Gasteiger partial charge in [0.25, 0.3) is 5.91 Å². The Bertz CT molecular complexity index is 580. The number of aryl methyl sites for hydroxylation is 1. The van der Waals surface area contributed by atoms with Crippen LogP contribution < -0.4 is 5.43 Å². The molecule has 1 unspecified atom stereocenters. The summed E-state index contributed by atoms with van der Waals surface area (Å²) in [6.45, 7) is 4.55. The monoisotopic (exact) mass is 332 g/mol. The van der Waals surface area contributed by atoms with Crippen LogP contribution in [0.1, 0.15) is 78.9 Å². The van der Waals surface area contributed by atoms with E-state index in [2.05, 4.69) is 30.4 Å². The molecule has 1 N–H and O–H groups in total. The largest absolute Gasteiger partial charge is 0.281 e. The lowest BCUT2D eigenvalue weighted by Gasteiger charge is -2.22. The zero-order valence-corrected chi connectivity index (χ0v) is 15.2. The van der Waals surface area contributed by atoms with Gasteiger partial charge in [-0.05, 0) is 68.4 Å².